The van der Waals surface area contributed by atoms with Gasteiger partial charge in [0, 0.05) is 19.8 Å². The average molecular weight is 184 g/mol. The number of hydrogen-bond donors (Lipinski definition) is 1. The molecule has 1 amide bonds. The quantitative estimate of drug-likeness (QED) is 0.633. The number of ketones is 1. The fourth-order valence-corrected chi connectivity index (χ4v) is 0.729. The van der Waals surface area contributed by atoms with Crippen molar-refractivity contribution in [3.05, 3.63) is 11.8 Å². The zero-order valence-corrected chi connectivity index (χ0v) is 8.55. The molecule has 0 aliphatic carbocycles. The molecule has 0 heterocycles. The smallest absolute Gasteiger partial charge is 0.241 e. The molecule has 0 aliphatic rings. The van der Waals surface area contributed by atoms with Crippen molar-refractivity contribution in [2.45, 2.75) is 13.8 Å². The van der Waals surface area contributed by atoms with Gasteiger partial charge in [0.15, 0.2) is 5.78 Å². The average Bonchev–Trinajstić information content (AvgIpc) is 1.98. The van der Waals surface area contributed by atoms with E-state index in [1.54, 1.807) is 21.0 Å². The van der Waals surface area contributed by atoms with Crippen molar-refractivity contribution in [1.82, 2.24) is 10.2 Å². The van der Waals surface area contributed by atoms with Crippen LogP contribution in [0.25, 0.3) is 0 Å². The van der Waals surface area contributed by atoms with Crippen LogP contribution in [0.2, 0.25) is 0 Å². The lowest BCUT2D eigenvalue weighted by atomic mass is 10.3. The number of amides is 1. The Bertz CT molecular complexity index is 232. The Hall–Kier alpha value is -1.32. The highest BCUT2D eigenvalue weighted by Crippen LogP contribution is 1.87. The Morgan fingerprint density at radius 1 is 1.31 bits per heavy atom. The molecule has 0 bridgehead atoms. The van der Waals surface area contributed by atoms with Crippen molar-refractivity contribution in [3.8, 4) is 0 Å². The molecule has 0 spiro atoms. The van der Waals surface area contributed by atoms with E-state index in [2.05, 4.69) is 5.32 Å². The summed E-state index contributed by atoms with van der Waals surface area (Å²) in [6.45, 7) is 3.45. The summed E-state index contributed by atoms with van der Waals surface area (Å²) in [7, 11) is 3.38. The second-order valence-corrected chi connectivity index (χ2v) is 3.08. The van der Waals surface area contributed by atoms with Crippen LogP contribution in [0.1, 0.15) is 13.8 Å². The van der Waals surface area contributed by atoms with Crippen LogP contribution in [-0.2, 0) is 9.59 Å². The SMILES string of the molecule is CC(=O)C=C(C)NCC(=O)N(C)C. The van der Waals surface area contributed by atoms with Gasteiger partial charge in [0.2, 0.25) is 5.91 Å². The fraction of sp³-hybridized carbons (Fsp3) is 0.556. The first-order chi connectivity index (χ1) is 5.93. The maximum atomic E-state index is 11.1. The second kappa shape index (κ2) is 5.35. The Labute approximate surface area is 78.6 Å². The maximum absolute atomic E-state index is 11.1. The number of rotatable bonds is 4. The normalized spacial score (nSPS) is 10.9. The van der Waals surface area contributed by atoms with Crippen molar-refractivity contribution < 1.29 is 9.59 Å². The van der Waals surface area contributed by atoms with Crippen LogP contribution in [0.4, 0.5) is 0 Å². The highest BCUT2D eigenvalue weighted by Gasteiger charge is 2.02. The predicted octanol–water partition coefficient (Wildman–Crippen LogP) is 0.157. The topological polar surface area (TPSA) is 49.4 Å². The van der Waals surface area contributed by atoms with Gasteiger partial charge in [-0.15, -0.1) is 0 Å². The first kappa shape index (κ1) is 11.7. The molecule has 74 valence electrons. The molecular formula is C9H16N2O2. The van der Waals surface area contributed by atoms with E-state index >= 15 is 0 Å². The van der Waals surface area contributed by atoms with Gasteiger partial charge in [-0.1, -0.05) is 0 Å². The molecule has 0 aromatic rings. The zero-order valence-electron chi connectivity index (χ0n) is 8.55. The van der Waals surface area contributed by atoms with E-state index in [0.29, 0.717) is 5.70 Å². The molecule has 0 aliphatic heterocycles. The van der Waals surface area contributed by atoms with E-state index in [4.69, 9.17) is 0 Å². The molecular weight excluding hydrogens is 168 g/mol. The largest absolute Gasteiger partial charge is 0.380 e. The van der Waals surface area contributed by atoms with Gasteiger partial charge in [0.05, 0.1) is 6.54 Å². The molecule has 1 N–H and O–H groups in total. The van der Waals surface area contributed by atoms with Gasteiger partial charge in [-0.2, -0.15) is 0 Å². The lowest BCUT2D eigenvalue weighted by Gasteiger charge is -2.11. The van der Waals surface area contributed by atoms with Crippen molar-refractivity contribution in [1.29, 1.82) is 0 Å². The third kappa shape index (κ3) is 5.90. The molecule has 0 fully saturated rings. The molecule has 0 saturated heterocycles. The van der Waals surface area contributed by atoms with Gasteiger partial charge in [0.1, 0.15) is 0 Å². The van der Waals surface area contributed by atoms with Gasteiger partial charge < -0.3 is 10.2 Å². The number of allylic oxidation sites excluding steroid dienone is 2. The summed E-state index contributed by atoms with van der Waals surface area (Å²) in [5, 5.41) is 2.84. The minimum absolute atomic E-state index is 0.0173. The van der Waals surface area contributed by atoms with E-state index in [9.17, 15) is 9.59 Å². The van der Waals surface area contributed by atoms with Crippen LogP contribution in [0.5, 0.6) is 0 Å². The number of nitrogens with zero attached hydrogens (tertiary/aromatic N) is 1. The minimum atomic E-state index is -0.0256. The highest BCUT2D eigenvalue weighted by atomic mass is 16.2. The Morgan fingerprint density at radius 3 is 2.23 bits per heavy atom. The van der Waals surface area contributed by atoms with Crippen LogP contribution >= 0.6 is 0 Å². The molecule has 0 rings (SSSR count). The molecule has 4 heteroatoms. The van der Waals surface area contributed by atoms with E-state index < -0.39 is 0 Å². The van der Waals surface area contributed by atoms with E-state index in [-0.39, 0.29) is 18.2 Å². The van der Waals surface area contributed by atoms with Gasteiger partial charge in [-0.05, 0) is 19.9 Å². The second-order valence-electron chi connectivity index (χ2n) is 3.08. The third-order valence-electron chi connectivity index (χ3n) is 1.44. The van der Waals surface area contributed by atoms with Crippen molar-refractivity contribution in [2.75, 3.05) is 20.6 Å². The number of hydrogen-bond acceptors (Lipinski definition) is 3. The van der Waals surface area contributed by atoms with E-state index in [1.807, 2.05) is 0 Å². The first-order valence-electron chi connectivity index (χ1n) is 4.06. The molecule has 0 aromatic carbocycles. The Balaban J connectivity index is 3.90. The van der Waals surface area contributed by atoms with Crippen LogP contribution < -0.4 is 5.32 Å². The first-order valence-corrected chi connectivity index (χ1v) is 4.06. The van der Waals surface area contributed by atoms with Gasteiger partial charge in [-0.3, -0.25) is 9.59 Å². The third-order valence-corrected chi connectivity index (χ3v) is 1.44. The summed E-state index contributed by atoms with van der Waals surface area (Å²) < 4.78 is 0. The summed E-state index contributed by atoms with van der Waals surface area (Å²) >= 11 is 0. The molecule has 0 radical (unpaired) electrons. The van der Waals surface area contributed by atoms with Crippen LogP contribution in [0, 0.1) is 0 Å². The lowest BCUT2D eigenvalue weighted by molar-refractivity contribution is -0.127. The zero-order chi connectivity index (χ0) is 10.4. The lowest BCUT2D eigenvalue weighted by Crippen LogP contribution is -2.32. The summed E-state index contributed by atoms with van der Waals surface area (Å²) in [6.07, 6.45) is 1.46. The van der Waals surface area contributed by atoms with Crippen LogP contribution in [0.3, 0.4) is 0 Å². The Kier molecular flexibility index (Phi) is 4.80. The van der Waals surface area contributed by atoms with Gasteiger partial charge in [-0.25, -0.2) is 0 Å². The summed E-state index contributed by atoms with van der Waals surface area (Å²) in [4.78, 5) is 23.2. The number of carbonyl (C=O) groups excluding carboxylic acids is 2. The van der Waals surface area contributed by atoms with E-state index in [0.717, 1.165) is 0 Å². The number of carbonyl (C=O) groups is 2. The summed E-state index contributed by atoms with van der Waals surface area (Å²) in [5.41, 5.74) is 0.711. The highest BCUT2D eigenvalue weighted by molar-refractivity contribution is 5.88. The molecule has 0 saturated carbocycles. The molecule has 13 heavy (non-hydrogen) atoms. The molecule has 0 aromatic heterocycles. The van der Waals surface area contributed by atoms with Crippen LogP contribution in [-0.4, -0.2) is 37.2 Å². The van der Waals surface area contributed by atoms with E-state index in [1.165, 1.54) is 17.9 Å². The van der Waals surface area contributed by atoms with Crippen molar-refractivity contribution in [2.24, 2.45) is 0 Å². The maximum Gasteiger partial charge on any atom is 0.241 e. The monoisotopic (exact) mass is 184 g/mol. The molecule has 0 unspecified atom stereocenters. The summed E-state index contributed by atoms with van der Waals surface area (Å²) in [6, 6.07) is 0. The fourth-order valence-electron chi connectivity index (χ4n) is 0.729. The van der Waals surface area contributed by atoms with Crippen molar-refractivity contribution >= 4 is 11.7 Å². The predicted molar refractivity (Wildman–Crippen MR) is 51.1 cm³/mol. The van der Waals surface area contributed by atoms with Gasteiger partial charge >= 0.3 is 0 Å². The standard InChI is InChI=1S/C9H16N2O2/c1-7(5-8(2)12)10-6-9(13)11(3)4/h5,10H,6H2,1-4H3. The van der Waals surface area contributed by atoms with Crippen LogP contribution in [0.15, 0.2) is 11.8 Å². The molecule has 4 nitrogen and oxygen atoms in total. The van der Waals surface area contributed by atoms with Gasteiger partial charge in [0.25, 0.3) is 0 Å². The number of nitrogens with one attached hydrogen (secondary N) is 1. The molecule has 0 atom stereocenters. The Morgan fingerprint density at radius 2 is 1.85 bits per heavy atom. The summed E-state index contributed by atoms with van der Waals surface area (Å²) in [5.74, 6) is -0.0430. The number of likely N-dealkylation sites (N-methyl/N-ethyl adjacent to an activating group) is 1. The van der Waals surface area contributed by atoms with Crippen molar-refractivity contribution in [3.63, 3.8) is 0 Å². The minimum Gasteiger partial charge on any atom is -0.380 e.